The first-order chi connectivity index (χ1) is 10.1. The van der Waals surface area contributed by atoms with Crippen LogP contribution in [-0.2, 0) is 0 Å². The predicted molar refractivity (Wildman–Crippen MR) is 84.5 cm³/mol. The van der Waals surface area contributed by atoms with Crippen LogP contribution < -0.4 is 10.6 Å². The Balaban J connectivity index is 1.83. The molecule has 0 spiro atoms. The lowest BCUT2D eigenvalue weighted by molar-refractivity contribution is 0.0951. The van der Waals surface area contributed by atoms with E-state index in [1.165, 1.54) is 0 Å². The summed E-state index contributed by atoms with van der Waals surface area (Å²) in [6, 6.07) is 8.95. The average Bonchev–Trinajstić information content (AvgIpc) is 3.27. The summed E-state index contributed by atoms with van der Waals surface area (Å²) in [6.07, 6.45) is 3.72. The lowest BCUT2D eigenvalue weighted by atomic mass is 10.2. The van der Waals surface area contributed by atoms with Crippen LogP contribution in [-0.4, -0.2) is 16.9 Å². The van der Waals surface area contributed by atoms with Crippen molar-refractivity contribution in [2.75, 3.05) is 5.32 Å². The monoisotopic (exact) mass is 321 g/mol. The predicted octanol–water partition coefficient (Wildman–Crippen LogP) is 4.02. The highest BCUT2D eigenvalue weighted by Gasteiger charge is 2.25. The van der Waals surface area contributed by atoms with Gasteiger partial charge in [-0.05, 0) is 43.2 Å². The minimum atomic E-state index is -0.117. The Morgan fingerprint density at radius 3 is 2.71 bits per heavy atom. The van der Waals surface area contributed by atoms with E-state index >= 15 is 0 Å². The average molecular weight is 322 g/mol. The van der Waals surface area contributed by atoms with Gasteiger partial charge in [-0.2, -0.15) is 0 Å². The van der Waals surface area contributed by atoms with Gasteiger partial charge in [0.15, 0.2) is 0 Å². The van der Waals surface area contributed by atoms with Crippen molar-refractivity contribution in [2.45, 2.75) is 18.9 Å². The van der Waals surface area contributed by atoms with E-state index in [2.05, 4.69) is 15.6 Å². The highest BCUT2D eigenvalue weighted by atomic mass is 35.5. The summed E-state index contributed by atoms with van der Waals surface area (Å²) >= 11 is 11.9. The Bertz CT molecular complexity index is 686. The molecule has 1 aromatic heterocycles. The maximum Gasteiger partial charge on any atom is 0.255 e. The number of carbonyl (C=O) groups excluding carboxylic acids is 1. The Hall–Kier alpha value is -1.78. The first-order valence-electron chi connectivity index (χ1n) is 6.61. The molecule has 1 saturated carbocycles. The van der Waals surface area contributed by atoms with Crippen LogP contribution >= 0.6 is 23.2 Å². The smallest absolute Gasteiger partial charge is 0.255 e. The number of pyridine rings is 1. The van der Waals surface area contributed by atoms with Gasteiger partial charge >= 0.3 is 0 Å². The molecule has 4 nitrogen and oxygen atoms in total. The number of hydrogen-bond acceptors (Lipinski definition) is 3. The highest BCUT2D eigenvalue weighted by molar-refractivity contribution is 6.42. The summed E-state index contributed by atoms with van der Waals surface area (Å²) in [6.45, 7) is 0. The van der Waals surface area contributed by atoms with Gasteiger partial charge in [0.2, 0.25) is 0 Å². The second-order valence-corrected chi connectivity index (χ2v) is 5.72. The molecule has 0 saturated heterocycles. The lowest BCUT2D eigenvalue weighted by Crippen LogP contribution is -2.26. The number of hydrogen-bond donors (Lipinski definition) is 2. The van der Waals surface area contributed by atoms with Crippen molar-refractivity contribution in [1.29, 1.82) is 0 Å². The van der Waals surface area contributed by atoms with Gasteiger partial charge in [-0.25, -0.2) is 4.98 Å². The third kappa shape index (κ3) is 3.46. The lowest BCUT2D eigenvalue weighted by Gasteiger charge is -2.11. The van der Waals surface area contributed by atoms with Crippen molar-refractivity contribution in [3.05, 3.63) is 52.1 Å². The standard InChI is InChI=1S/C15H13Cl2N3O/c16-12-6-5-10(8-13(12)17)19-14-11(2-1-7-18-14)15(21)20-9-3-4-9/h1-2,5-9H,3-4H2,(H,18,19)(H,20,21). The summed E-state index contributed by atoms with van der Waals surface area (Å²) in [5.41, 5.74) is 1.24. The molecule has 1 aliphatic rings. The molecule has 0 unspecified atom stereocenters. The second kappa shape index (κ2) is 5.92. The van der Waals surface area contributed by atoms with Gasteiger partial charge < -0.3 is 10.6 Å². The molecule has 2 aromatic rings. The molecule has 6 heteroatoms. The van der Waals surface area contributed by atoms with Crippen LogP contribution in [0, 0.1) is 0 Å². The molecule has 0 aliphatic heterocycles. The molecule has 1 aromatic carbocycles. The maximum atomic E-state index is 12.2. The first-order valence-corrected chi connectivity index (χ1v) is 7.37. The van der Waals surface area contributed by atoms with Crippen molar-refractivity contribution in [1.82, 2.24) is 10.3 Å². The summed E-state index contributed by atoms with van der Waals surface area (Å²) in [5.74, 6) is 0.377. The molecular formula is C15H13Cl2N3O. The minimum Gasteiger partial charge on any atom is -0.349 e. The normalized spacial score (nSPS) is 13.8. The zero-order chi connectivity index (χ0) is 14.8. The molecule has 1 fully saturated rings. The summed E-state index contributed by atoms with van der Waals surface area (Å²) in [5, 5.41) is 6.98. The van der Waals surface area contributed by atoms with Crippen LogP contribution in [0.2, 0.25) is 10.0 Å². The molecule has 1 aliphatic carbocycles. The number of halogens is 2. The SMILES string of the molecule is O=C(NC1CC1)c1cccnc1Nc1ccc(Cl)c(Cl)c1. The van der Waals surface area contributed by atoms with Crippen molar-refractivity contribution in [3.8, 4) is 0 Å². The molecule has 1 amide bonds. The molecular weight excluding hydrogens is 309 g/mol. The van der Waals surface area contributed by atoms with Crippen molar-refractivity contribution in [2.24, 2.45) is 0 Å². The van der Waals surface area contributed by atoms with Gasteiger partial charge in [-0.1, -0.05) is 23.2 Å². The van der Waals surface area contributed by atoms with E-state index in [1.807, 2.05) is 0 Å². The van der Waals surface area contributed by atoms with Gasteiger partial charge in [-0.15, -0.1) is 0 Å². The van der Waals surface area contributed by atoms with Crippen molar-refractivity contribution < 1.29 is 4.79 Å². The largest absolute Gasteiger partial charge is 0.349 e. The number of rotatable bonds is 4. The third-order valence-electron chi connectivity index (χ3n) is 3.15. The zero-order valence-electron chi connectivity index (χ0n) is 11.1. The Kier molecular flexibility index (Phi) is 3.99. The van der Waals surface area contributed by atoms with E-state index in [1.54, 1.807) is 36.5 Å². The molecule has 0 bridgehead atoms. The Morgan fingerprint density at radius 1 is 1.19 bits per heavy atom. The van der Waals surface area contributed by atoms with Crippen LogP contribution in [0.5, 0.6) is 0 Å². The van der Waals surface area contributed by atoms with Gasteiger partial charge in [0.1, 0.15) is 5.82 Å². The fourth-order valence-corrected chi connectivity index (χ4v) is 2.19. The molecule has 2 N–H and O–H groups in total. The zero-order valence-corrected chi connectivity index (χ0v) is 12.6. The highest BCUT2D eigenvalue weighted by Crippen LogP contribution is 2.27. The van der Waals surface area contributed by atoms with Crippen molar-refractivity contribution in [3.63, 3.8) is 0 Å². The number of carbonyl (C=O) groups is 1. The Labute approximate surface area is 132 Å². The second-order valence-electron chi connectivity index (χ2n) is 4.90. The van der Waals surface area contributed by atoms with Gasteiger partial charge in [0.25, 0.3) is 5.91 Å². The number of anilines is 2. The van der Waals surface area contributed by atoms with E-state index in [9.17, 15) is 4.79 Å². The van der Waals surface area contributed by atoms with E-state index < -0.39 is 0 Å². The number of amides is 1. The summed E-state index contributed by atoms with van der Waals surface area (Å²) < 4.78 is 0. The summed E-state index contributed by atoms with van der Waals surface area (Å²) in [7, 11) is 0. The van der Waals surface area contributed by atoms with Gasteiger partial charge in [0.05, 0.1) is 15.6 Å². The number of aromatic nitrogens is 1. The first kappa shape index (κ1) is 14.2. The molecule has 0 atom stereocenters. The van der Waals surface area contributed by atoms with Gasteiger partial charge in [0, 0.05) is 17.9 Å². The van der Waals surface area contributed by atoms with E-state index in [0.717, 1.165) is 18.5 Å². The summed E-state index contributed by atoms with van der Waals surface area (Å²) in [4.78, 5) is 16.4. The fourth-order valence-electron chi connectivity index (χ4n) is 1.89. The van der Waals surface area contributed by atoms with E-state index in [4.69, 9.17) is 23.2 Å². The maximum absolute atomic E-state index is 12.2. The molecule has 108 valence electrons. The number of nitrogens with zero attached hydrogens (tertiary/aromatic N) is 1. The number of nitrogens with one attached hydrogen (secondary N) is 2. The van der Waals surface area contributed by atoms with Gasteiger partial charge in [-0.3, -0.25) is 4.79 Å². The van der Waals surface area contributed by atoms with E-state index in [-0.39, 0.29) is 5.91 Å². The van der Waals surface area contributed by atoms with Crippen LogP contribution in [0.1, 0.15) is 23.2 Å². The third-order valence-corrected chi connectivity index (χ3v) is 3.89. The Morgan fingerprint density at radius 2 is 2.00 bits per heavy atom. The van der Waals surface area contributed by atoms with Crippen LogP contribution in [0.4, 0.5) is 11.5 Å². The van der Waals surface area contributed by atoms with Crippen LogP contribution in [0.25, 0.3) is 0 Å². The molecule has 21 heavy (non-hydrogen) atoms. The quantitative estimate of drug-likeness (QED) is 0.894. The van der Waals surface area contributed by atoms with E-state index in [0.29, 0.717) is 27.5 Å². The number of benzene rings is 1. The molecule has 3 rings (SSSR count). The fraction of sp³-hybridized carbons (Fsp3) is 0.200. The minimum absolute atomic E-state index is 0.117. The van der Waals surface area contributed by atoms with Crippen LogP contribution in [0.15, 0.2) is 36.5 Å². The van der Waals surface area contributed by atoms with Crippen LogP contribution in [0.3, 0.4) is 0 Å². The van der Waals surface area contributed by atoms with Crippen molar-refractivity contribution >= 4 is 40.6 Å². The molecule has 1 heterocycles. The molecule has 0 radical (unpaired) electrons. The topological polar surface area (TPSA) is 54.0 Å².